The molecule has 0 spiro atoms. The number of hydrogen-bond acceptors (Lipinski definition) is 5. The molecule has 0 radical (unpaired) electrons. The second-order valence-corrected chi connectivity index (χ2v) is 6.76. The third kappa shape index (κ3) is 4.42. The number of thiazole rings is 1. The second-order valence-electron chi connectivity index (χ2n) is 5.47. The first-order chi connectivity index (χ1) is 12.2. The number of aryl methyl sites for hydroxylation is 2. The maximum atomic E-state index is 12.0. The molecule has 0 aliphatic heterocycles. The number of urea groups is 1. The molecule has 3 rings (SSSR count). The Kier molecular flexibility index (Phi) is 5.39. The molecule has 0 atom stereocenters. The molecule has 3 heterocycles. The molecule has 2 amide bonds. The molecule has 0 aliphatic carbocycles. The van der Waals surface area contributed by atoms with Crippen molar-refractivity contribution in [3.63, 3.8) is 0 Å². The lowest BCUT2D eigenvalue weighted by molar-refractivity contribution is 0.252. The van der Waals surface area contributed by atoms with Crippen molar-refractivity contribution in [2.45, 2.75) is 26.7 Å². The molecule has 3 aromatic heterocycles. The van der Waals surface area contributed by atoms with E-state index in [1.807, 2.05) is 12.1 Å². The highest BCUT2D eigenvalue weighted by Crippen LogP contribution is 2.18. The lowest BCUT2D eigenvalue weighted by Crippen LogP contribution is -2.30. The highest BCUT2D eigenvalue weighted by atomic mass is 32.1. The van der Waals surface area contributed by atoms with Crippen molar-refractivity contribution in [2.24, 2.45) is 0 Å². The first-order valence-electron chi connectivity index (χ1n) is 8.11. The van der Waals surface area contributed by atoms with Gasteiger partial charge < -0.3 is 10.6 Å². The van der Waals surface area contributed by atoms with Crippen LogP contribution in [-0.2, 0) is 12.8 Å². The van der Waals surface area contributed by atoms with Gasteiger partial charge in [-0.05, 0) is 25.5 Å². The van der Waals surface area contributed by atoms with E-state index in [2.05, 4.69) is 39.5 Å². The van der Waals surface area contributed by atoms with Crippen LogP contribution in [0.15, 0.2) is 36.9 Å². The maximum absolute atomic E-state index is 12.0. The number of amides is 2. The first-order valence-corrected chi connectivity index (χ1v) is 8.92. The minimum Gasteiger partial charge on any atom is -0.337 e. The van der Waals surface area contributed by atoms with Crippen molar-refractivity contribution < 1.29 is 4.79 Å². The van der Waals surface area contributed by atoms with Crippen molar-refractivity contribution in [1.82, 2.24) is 25.1 Å². The van der Waals surface area contributed by atoms with Gasteiger partial charge in [0.2, 0.25) is 0 Å². The van der Waals surface area contributed by atoms with E-state index >= 15 is 0 Å². The van der Waals surface area contributed by atoms with E-state index in [9.17, 15) is 4.79 Å². The number of nitrogens with zero attached hydrogens (tertiary/aromatic N) is 4. The first kappa shape index (κ1) is 17.1. The van der Waals surface area contributed by atoms with Crippen LogP contribution in [0.4, 0.5) is 10.5 Å². The lowest BCUT2D eigenvalue weighted by atomic mass is 10.3. The fourth-order valence-corrected chi connectivity index (χ4v) is 3.43. The summed E-state index contributed by atoms with van der Waals surface area (Å²) in [4.78, 5) is 21.8. The summed E-state index contributed by atoms with van der Waals surface area (Å²) in [5, 5.41) is 10.9. The molecule has 7 nitrogen and oxygen atoms in total. The van der Waals surface area contributed by atoms with E-state index in [1.54, 1.807) is 40.8 Å². The van der Waals surface area contributed by atoms with Gasteiger partial charge in [0.25, 0.3) is 0 Å². The van der Waals surface area contributed by atoms with Crippen LogP contribution in [0.2, 0.25) is 0 Å². The molecule has 0 unspecified atom stereocenters. The van der Waals surface area contributed by atoms with Crippen molar-refractivity contribution in [1.29, 1.82) is 0 Å². The van der Waals surface area contributed by atoms with E-state index in [1.165, 1.54) is 4.88 Å². The Morgan fingerprint density at radius 2 is 2.12 bits per heavy atom. The summed E-state index contributed by atoms with van der Waals surface area (Å²) in [6.45, 7) is 4.73. The van der Waals surface area contributed by atoms with Crippen LogP contribution in [-0.4, -0.2) is 32.3 Å². The zero-order chi connectivity index (χ0) is 17.6. The topological polar surface area (TPSA) is 84.7 Å². The number of carbonyl (C=O) groups is 1. The van der Waals surface area contributed by atoms with Crippen LogP contribution in [0, 0.1) is 6.92 Å². The van der Waals surface area contributed by atoms with Crippen LogP contribution in [0.3, 0.4) is 0 Å². The van der Waals surface area contributed by atoms with E-state index < -0.39 is 0 Å². The van der Waals surface area contributed by atoms with E-state index in [4.69, 9.17) is 0 Å². The summed E-state index contributed by atoms with van der Waals surface area (Å²) in [6, 6.07) is 3.44. The van der Waals surface area contributed by atoms with Gasteiger partial charge in [0.05, 0.1) is 34.5 Å². The molecule has 0 saturated carbocycles. The van der Waals surface area contributed by atoms with Gasteiger partial charge in [-0.25, -0.2) is 14.5 Å². The van der Waals surface area contributed by atoms with Crippen molar-refractivity contribution >= 4 is 23.1 Å². The third-order valence-electron chi connectivity index (χ3n) is 3.66. The van der Waals surface area contributed by atoms with E-state index in [-0.39, 0.29) is 6.03 Å². The molecule has 8 heteroatoms. The van der Waals surface area contributed by atoms with Gasteiger partial charge in [0.1, 0.15) is 0 Å². The summed E-state index contributed by atoms with van der Waals surface area (Å²) in [5.74, 6) is 0. The molecule has 0 fully saturated rings. The van der Waals surface area contributed by atoms with Crippen LogP contribution in [0.25, 0.3) is 5.69 Å². The third-order valence-corrected chi connectivity index (χ3v) is 4.74. The monoisotopic (exact) mass is 356 g/mol. The number of rotatable bonds is 6. The summed E-state index contributed by atoms with van der Waals surface area (Å²) in [7, 11) is 0. The van der Waals surface area contributed by atoms with Gasteiger partial charge in [0, 0.05) is 30.2 Å². The van der Waals surface area contributed by atoms with Gasteiger partial charge in [-0.1, -0.05) is 6.92 Å². The lowest BCUT2D eigenvalue weighted by Gasteiger charge is -2.04. The van der Waals surface area contributed by atoms with Crippen LogP contribution >= 0.6 is 11.3 Å². The highest BCUT2D eigenvalue weighted by molar-refractivity contribution is 7.11. The summed E-state index contributed by atoms with van der Waals surface area (Å²) < 4.78 is 1.68. The molecule has 0 aliphatic rings. The summed E-state index contributed by atoms with van der Waals surface area (Å²) in [6.07, 6.45) is 8.43. The molecule has 130 valence electrons. The van der Waals surface area contributed by atoms with Crippen LogP contribution < -0.4 is 10.6 Å². The summed E-state index contributed by atoms with van der Waals surface area (Å²) >= 11 is 1.69. The Labute approximate surface area is 150 Å². The molecular weight excluding hydrogens is 336 g/mol. The average Bonchev–Trinajstić information content (AvgIpc) is 3.22. The van der Waals surface area contributed by atoms with E-state index in [0.717, 1.165) is 29.2 Å². The quantitative estimate of drug-likeness (QED) is 0.711. The smallest absolute Gasteiger partial charge is 0.319 e. The predicted octanol–water partition coefficient (Wildman–Crippen LogP) is 2.96. The standard InChI is InChI=1S/C17H20N6OS/c1-3-15-12(2)25-16(22-15)6-9-19-17(24)21-13-10-20-23(11-13)14-4-7-18-8-5-14/h4-5,7-8,10-11H,3,6,9H2,1-2H3,(H2,19,21,24). The molecule has 0 bridgehead atoms. The van der Waals surface area contributed by atoms with Crippen LogP contribution in [0.5, 0.6) is 0 Å². The summed E-state index contributed by atoms with van der Waals surface area (Å²) in [5.41, 5.74) is 2.66. The van der Waals surface area contributed by atoms with Crippen LogP contribution in [0.1, 0.15) is 22.5 Å². The molecule has 0 saturated heterocycles. The van der Waals surface area contributed by atoms with E-state index in [0.29, 0.717) is 12.2 Å². The Bertz CT molecular complexity index is 842. The number of carbonyl (C=O) groups excluding carboxylic acids is 1. The van der Waals surface area contributed by atoms with Crippen molar-refractivity contribution in [2.75, 3.05) is 11.9 Å². The fraction of sp³-hybridized carbons (Fsp3) is 0.294. The number of pyridine rings is 1. The largest absolute Gasteiger partial charge is 0.337 e. The minimum absolute atomic E-state index is 0.252. The molecular formula is C17H20N6OS. The number of aromatic nitrogens is 4. The predicted molar refractivity (Wildman–Crippen MR) is 98.3 cm³/mol. The molecule has 3 aromatic rings. The Hall–Kier alpha value is -2.74. The number of anilines is 1. The SMILES string of the molecule is CCc1nc(CCNC(=O)Nc2cnn(-c3ccncc3)c2)sc1C. The van der Waals surface area contributed by atoms with Gasteiger partial charge in [-0.15, -0.1) is 11.3 Å². The Balaban J connectivity index is 1.49. The van der Waals surface area contributed by atoms with Crippen molar-refractivity contribution in [3.05, 3.63) is 52.5 Å². The minimum atomic E-state index is -0.252. The maximum Gasteiger partial charge on any atom is 0.319 e. The number of nitrogens with one attached hydrogen (secondary N) is 2. The highest BCUT2D eigenvalue weighted by Gasteiger charge is 2.08. The van der Waals surface area contributed by atoms with Gasteiger partial charge in [0.15, 0.2) is 0 Å². The fourth-order valence-electron chi connectivity index (χ4n) is 2.41. The zero-order valence-electron chi connectivity index (χ0n) is 14.2. The Morgan fingerprint density at radius 1 is 1.32 bits per heavy atom. The van der Waals surface area contributed by atoms with Gasteiger partial charge in [-0.2, -0.15) is 5.10 Å². The van der Waals surface area contributed by atoms with Gasteiger partial charge in [-0.3, -0.25) is 4.98 Å². The van der Waals surface area contributed by atoms with Gasteiger partial charge >= 0.3 is 6.03 Å². The molecule has 25 heavy (non-hydrogen) atoms. The Morgan fingerprint density at radius 3 is 2.84 bits per heavy atom. The average molecular weight is 356 g/mol. The normalized spacial score (nSPS) is 10.6. The molecule has 0 aromatic carbocycles. The zero-order valence-corrected chi connectivity index (χ0v) is 15.0. The number of hydrogen-bond donors (Lipinski definition) is 2. The molecule has 2 N–H and O–H groups in total. The second kappa shape index (κ2) is 7.89. The van der Waals surface area contributed by atoms with Crippen molar-refractivity contribution in [3.8, 4) is 5.69 Å².